The topological polar surface area (TPSA) is 59.0 Å². The zero-order valence-electron chi connectivity index (χ0n) is 14.5. The van der Waals surface area contributed by atoms with E-state index in [1.54, 1.807) is 0 Å². The van der Waals surface area contributed by atoms with Crippen molar-refractivity contribution in [2.75, 3.05) is 20.3 Å². The zero-order chi connectivity index (χ0) is 16.7. The van der Waals surface area contributed by atoms with Gasteiger partial charge in [0.15, 0.2) is 5.76 Å². The highest BCUT2D eigenvalue weighted by Gasteiger charge is 2.30. The van der Waals surface area contributed by atoms with Crippen molar-refractivity contribution in [2.45, 2.75) is 70.6 Å². The van der Waals surface area contributed by atoms with Gasteiger partial charge in [-0.25, -0.2) is 0 Å². The number of nitrogens with zero attached hydrogens (tertiary/aromatic N) is 1. The van der Waals surface area contributed by atoms with Crippen molar-refractivity contribution < 1.29 is 19.4 Å². The number of amides is 1. The van der Waals surface area contributed by atoms with Crippen molar-refractivity contribution in [3.8, 4) is 0 Å². The van der Waals surface area contributed by atoms with E-state index in [-0.39, 0.29) is 24.7 Å². The minimum atomic E-state index is -0.354. The van der Waals surface area contributed by atoms with Crippen LogP contribution in [0.3, 0.4) is 0 Å². The normalized spacial score (nSPS) is 25.6. The molecule has 0 spiro atoms. The smallest absolute Gasteiger partial charge is 0.288 e. The molecule has 132 valence electrons. The lowest BCUT2D eigenvalue weighted by atomic mass is 9.94. The Morgan fingerprint density at radius 3 is 2.78 bits per heavy atom. The number of hydrogen-bond acceptors (Lipinski definition) is 4. The van der Waals surface area contributed by atoms with Crippen LogP contribution in [0.25, 0.3) is 0 Å². The number of allylic oxidation sites excluding steroid dienone is 1. The molecule has 23 heavy (non-hydrogen) atoms. The van der Waals surface area contributed by atoms with Gasteiger partial charge in [0.05, 0.1) is 6.61 Å². The second-order valence-electron chi connectivity index (χ2n) is 6.80. The van der Waals surface area contributed by atoms with E-state index in [9.17, 15) is 4.79 Å². The molecule has 1 amide bonds. The van der Waals surface area contributed by atoms with Crippen molar-refractivity contribution in [2.24, 2.45) is 5.92 Å². The summed E-state index contributed by atoms with van der Waals surface area (Å²) in [6, 6.07) is 0.335. The minimum Gasteiger partial charge on any atom is -0.459 e. The Morgan fingerprint density at radius 2 is 2.09 bits per heavy atom. The summed E-state index contributed by atoms with van der Waals surface area (Å²) in [5, 5.41) is 8.80. The summed E-state index contributed by atoms with van der Waals surface area (Å²) in [4.78, 5) is 14.6. The van der Waals surface area contributed by atoms with Crippen LogP contribution in [0.5, 0.6) is 0 Å². The third-order valence-electron chi connectivity index (χ3n) is 4.77. The van der Waals surface area contributed by atoms with E-state index in [1.807, 2.05) is 18.0 Å². The van der Waals surface area contributed by atoms with Crippen LogP contribution in [0.2, 0.25) is 0 Å². The summed E-state index contributed by atoms with van der Waals surface area (Å²) in [7, 11) is 1.89. The fourth-order valence-electron chi connectivity index (χ4n) is 3.32. The molecule has 0 aromatic carbocycles. The van der Waals surface area contributed by atoms with E-state index in [0.717, 1.165) is 32.1 Å². The van der Waals surface area contributed by atoms with Crippen molar-refractivity contribution in [3.63, 3.8) is 0 Å². The molecule has 5 heteroatoms. The first-order valence-corrected chi connectivity index (χ1v) is 9.00. The quantitative estimate of drug-likeness (QED) is 0.731. The highest BCUT2D eigenvalue weighted by Crippen LogP contribution is 2.27. The van der Waals surface area contributed by atoms with Gasteiger partial charge in [0, 0.05) is 26.1 Å². The number of unbranched alkanes of at least 4 members (excludes halogenated alkanes) is 1. The van der Waals surface area contributed by atoms with E-state index in [0.29, 0.717) is 18.4 Å². The monoisotopic (exact) mass is 325 g/mol. The number of hydrogen-bond donors (Lipinski definition) is 1. The number of aliphatic hydroxyl groups excluding tert-OH is 1. The third kappa shape index (κ3) is 5.50. The van der Waals surface area contributed by atoms with Crippen LogP contribution < -0.4 is 0 Å². The predicted molar refractivity (Wildman–Crippen MR) is 88.7 cm³/mol. The zero-order valence-corrected chi connectivity index (χ0v) is 14.5. The Kier molecular flexibility index (Phi) is 7.37. The second kappa shape index (κ2) is 9.28. The van der Waals surface area contributed by atoms with E-state index in [4.69, 9.17) is 14.6 Å². The molecule has 0 radical (unpaired) electrons. The molecule has 0 aromatic heterocycles. The first-order chi connectivity index (χ1) is 11.1. The molecule has 5 nitrogen and oxygen atoms in total. The van der Waals surface area contributed by atoms with Crippen molar-refractivity contribution in [3.05, 3.63) is 11.8 Å². The average molecular weight is 325 g/mol. The first-order valence-electron chi connectivity index (χ1n) is 9.00. The molecule has 1 aliphatic carbocycles. The average Bonchev–Trinajstić information content (AvgIpc) is 2.58. The molecule has 1 aliphatic heterocycles. The highest BCUT2D eigenvalue weighted by atomic mass is 16.7. The Balaban J connectivity index is 1.88. The van der Waals surface area contributed by atoms with Gasteiger partial charge in [-0.15, -0.1) is 0 Å². The maximum absolute atomic E-state index is 12.7. The van der Waals surface area contributed by atoms with Gasteiger partial charge < -0.3 is 19.5 Å². The third-order valence-corrected chi connectivity index (χ3v) is 4.77. The molecule has 1 N–H and O–H groups in total. The van der Waals surface area contributed by atoms with Crippen molar-refractivity contribution >= 4 is 5.91 Å². The summed E-state index contributed by atoms with van der Waals surface area (Å²) in [5.41, 5.74) is 0. The van der Waals surface area contributed by atoms with Crippen LogP contribution in [-0.4, -0.2) is 48.5 Å². The van der Waals surface area contributed by atoms with Crippen molar-refractivity contribution in [1.29, 1.82) is 0 Å². The predicted octanol–water partition coefficient (Wildman–Crippen LogP) is 2.83. The lowest BCUT2D eigenvalue weighted by Crippen LogP contribution is -2.41. The van der Waals surface area contributed by atoms with Gasteiger partial charge >= 0.3 is 0 Å². The Morgan fingerprint density at radius 1 is 1.35 bits per heavy atom. The van der Waals surface area contributed by atoms with E-state index >= 15 is 0 Å². The van der Waals surface area contributed by atoms with E-state index < -0.39 is 0 Å². The fraction of sp³-hybridized carbons (Fsp3) is 0.833. The van der Waals surface area contributed by atoms with Crippen LogP contribution in [-0.2, 0) is 14.3 Å². The standard InChI is InChI=1S/C18H31NO4/c1-14-12-16(23-17(13-14)22-11-7-6-10-20)18(21)19(2)15-8-4-3-5-9-15/h12,14-15,17,20H,3-11,13H2,1-2H3/t14-,17+/m1/s1. The van der Waals surface area contributed by atoms with E-state index in [2.05, 4.69) is 6.92 Å². The summed E-state index contributed by atoms with van der Waals surface area (Å²) in [5.74, 6) is 0.682. The van der Waals surface area contributed by atoms with Gasteiger partial charge in [0.1, 0.15) is 0 Å². The number of likely N-dealkylation sites (N-methyl/N-ethyl adjacent to an activating group) is 1. The molecule has 0 unspecified atom stereocenters. The lowest BCUT2D eigenvalue weighted by molar-refractivity contribution is -0.155. The molecule has 0 bridgehead atoms. The summed E-state index contributed by atoms with van der Waals surface area (Å²) in [6.07, 6.45) is 9.74. The lowest BCUT2D eigenvalue weighted by Gasteiger charge is -2.34. The van der Waals surface area contributed by atoms with Gasteiger partial charge in [-0.2, -0.15) is 0 Å². The van der Waals surface area contributed by atoms with Gasteiger partial charge in [-0.3, -0.25) is 4.79 Å². The van der Waals surface area contributed by atoms with Crippen LogP contribution in [0, 0.1) is 5.92 Å². The molecule has 1 heterocycles. The van der Waals surface area contributed by atoms with Crippen molar-refractivity contribution in [1.82, 2.24) is 4.90 Å². The van der Waals surface area contributed by atoms with Gasteiger partial charge in [0.2, 0.25) is 6.29 Å². The van der Waals surface area contributed by atoms with Gasteiger partial charge in [-0.05, 0) is 37.7 Å². The molecule has 1 saturated carbocycles. The van der Waals surface area contributed by atoms with Crippen LogP contribution in [0.1, 0.15) is 58.3 Å². The van der Waals surface area contributed by atoms with Crippen LogP contribution >= 0.6 is 0 Å². The van der Waals surface area contributed by atoms with Gasteiger partial charge in [0.25, 0.3) is 5.91 Å². The number of rotatable bonds is 7. The molecule has 0 saturated heterocycles. The molecule has 2 atom stereocenters. The Labute approximate surface area is 139 Å². The maximum atomic E-state index is 12.7. The number of aliphatic hydroxyl groups is 1. The maximum Gasteiger partial charge on any atom is 0.288 e. The molecule has 2 rings (SSSR count). The second-order valence-corrected chi connectivity index (χ2v) is 6.80. The largest absolute Gasteiger partial charge is 0.459 e. The first kappa shape index (κ1) is 18.3. The SMILES string of the molecule is C[C@@H]1C=C(C(=O)N(C)C2CCCCC2)O[C@H](OCCCCO)C1. The summed E-state index contributed by atoms with van der Waals surface area (Å²) in [6.45, 7) is 2.82. The molecule has 2 aliphatic rings. The fourth-order valence-corrected chi connectivity index (χ4v) is 3.32. The number of carbonyl (C=O) groups is 1. The van der Waals surface area contributed by atoms with E-state index in [1.165, 1.54) is 19.3 Å². The molecular formula is C18H31NO4. The number of ether oxygens (including phenoxy) is 2. The number of carbonyl (C=O) groups excluding carboxylic acids is 1. The van der Waals surface area contributed by atoms with Crippen LogP contribution in [0.4, 0.5) is 0 Å². The van der Waals surface area contributed by atoms with Gasteiger partial charge in [-0.1, -0.05) is 26.2 Å². The Hall–Kier alpha value is -1.07. The summed E-state index contributed by atoms with van der Waals surface area (Å²) < 4.78 is 11.5. The van der Waals surface area contributed by atoms with Crippen LogP contribution in [0.15, 0.2) is 11.8 Å². The highest BCUT2D eigenvalue weighted by molar-refractivity contribution is 5.91. The Bertz CT molecular complexity index is 404. The minimum absolute atomic E-state index is 0.0209. The molecule has 0 aromatic rings. The molecule has 1 fully saturated rings. The summed E-state index contributed by atoms with van der Waals surface area (Å²) >= 11 is 0. The molecular weight excluding hydrogens is 294 g/mol.